The van der Waals surface area contributed by atoms with Crippen molar-refractivity contribution in [1.82, 2.24) is 4.98 Å². The number of aromatic nitrogens is 1. The summed E-state index contributed by atoms with van der Waals surface area (Å²) >= 11 is 1.22. The Hall–Kier alpha value is -2.33. The van der Waals surface area contributed by atoms with E-state index in [1.165, 1.54) is 11.3 Å². The van der Waals surface area contributed by atoms with E-state index in [2.05, 4.69) is 11.6 Å². The van der Waals surface area contributed by atoms with Crippen molar-refractivity contribution >= 4 is 27.3 Å². The molecule has 0 unspecified atom stereocenters. The number of hydrogen-bond acceptors (Lipinski definition) is 3. The summed E-state index contributed by atoms with van der Waals surface area (Å²) in [6.45, 7) is 3.96. The first-order chi connectivity index (χ1) is 9.22. The topological polar surface area (TPSA) is 42.1 Å². The van der Waals surface area contributed by atoms with Crippen LogP contribution in [0.5, 0.6) is 5.75 Å². The van der Waals surface area contributed by atoms with Crippen LogP contribution >= 0.6 is 11.3 Å². The summed E-state index contributed by atoms with van der Waals surface area (Å²) in [7, 11) is 0. The fourth-order valence-electron chi connectivity index (χ4n) is 2.42. The van der Waals surface area contributed by atoms with Gasteiger partial charge in [0.05, 0.1) is 10.2 Å². The van der Waals surface area contributed by atoms with Gasteiger partial charge in [-0.05, 0) is 23.8 Å². The molecule has 92 valence electrons. The molecule has 4 rings (SSSR count). The molecule has 0 radical (unpaired) electrons. The summed E-state index contributed by atoms with van der Waals surface area (Å²) in [5.41, 5.74) is 3.86. The predicted molar refractivity (Wildman–Crippen MR) is 77.5 cm³/mol. The quantitative estimate of drug-likeness (QED) is 0.676. The van der Waals surface area contributed by atoms with Crippen molar-refractivity contribution in [2.24, 2.45) is 0 Å². The van der Waals surface area contributed by atoms with Gasteiger partial charge in [0.25, 0.3) is 0 Å². The highest BCUT2D eigenvalue weighted by molar-refractivity contribution is 7.16. The van der Waals surface area contributed by atoms with Gasteiger partial charge in [-0.2, -0.15) is 0 Å². The first-order valence-electron chi connectivity index (χ1n) is 5.86. The van der Waals surface area contributed by atoms with Crippen LogP contribution in [0.1, 0.15) is 5.56 Å². The van der Waals surface area contributed by atoms with Gasteiger partial charge >= 0.3 is 4.87 Å². The van der Waals surface area contributed by atoms with Crippen LogP contribution in [0.15, 0.2) is 47.8 Å². The number of ether oxygens (including phenoxy) is 1. The standard InChI is InChI=1S/C15H9NO2S/c1-8-10-6-12-14(19-15(17)16-12)7-11(10)9-4-2-3-5-13(9)18-8/h2-7H,1H2,(H,16,17). The maximum Gasteiger partial charge on any atom is 0.305 e. The van der Waals surface area contributed by atoms with Crippen molar-refractivity contribution in [3.63, 3.8) is 0 Å². The van der Waals surface area contributed by atoms with Crippen LogP contribution in [-0.2, 0) is 0 Å². The van der Waals surface area contributed by atoms with Crippen molar-refractivity contribution in [2.45, 2.75) is 0 Å². The van der Waals surface area contributed by atoms with Gasteiger partial charge in [-0.25, -0.2) is 0 Å². The number of hydrogen-bond donors (Lipinski definition) is 1. The van der Waals surface area contributed by atoms with Crippen LogP contribution < -0.4 is 9.61 Å². The second-order valence-electron chi connectivity index (χ2n) is 4.43. The summed E-state index contributed by atoms with van der Waals surface area (Å²) in [5, 5.41) is 0. The number of aromatic amines is 1. The van der Waals surface area contributed by atoms with Crippen LogP contribution in [0.25, 0.3) is 27.1 Å². The molecule has 1 N–H and O–H groups in total. The molecular formula is C15H9NO2S. The second kappa shape index (κ2) is 3.59. The van der Waals surface area contributed by atoms with Gasteiger partial charge < -0.3 is 9.72 Å². The van der Waals surface area contributed by atoms with Crippen LogP contribution in [-0.4, -0.2) is 4.98 Å². The Morgan fingerprint density at radius 2 is 1.95 bits per heavy atom. The molecule has 0 saturated heterocycles. The Balaban J connectivity index is 2.13. The van der Waals surface area contributed by atoms with E-state index in [9.17, 15) is 4.79 Å². The largest absolute Gasteiger partial charge is 0.457 e. The maximum absolute atomic E-state index is 11.4. The summed E-state index contributed by atoms with van der Waals surface area (Å²) < 4.78 is 6.68. The van der Waals surface area contributed by atoms with Gasteiger partial charge in [-0.1, -0.05) is 36.1 Å². The highest BCUT2D eigenvalue weighted by Gasteiger charge is 2.21. The third kappa shape index (κ3) is 1.47. The first kappa shape index (κ1) is 10.6. The van der Waals surface area contributed by atoms with Crippen molar-refractivity contribution in [3.8, 4) is 16.9 Å². The SMILES string of the molecule is C=C1Oc2ccccc2-c2cc3sc(=O)[nH]c3cc21. The van der Waals surface area contributed by atoms with E-state index in [4.69, 9.17) is 4.74 Å². The molecule has 2 heterocycles. The third-order valence-corrected chi connectivity index (χ3v) is 4.12. The Morgan fingerprint density at radius 3 is 2.84 bits per heavy atom. The Kier molecular flexibility index (Phi) is 2.00. The van der Waals surface area contributed by atoms with Gasteiger partial charge in [0, 0.05) is 11.1 Å². The smallest absolute Gasteiger partial charge is 0.305 e. The lowest BCUT2D eigenvalue weighted by Crippen LogP contribution is -2.03. The van der Waals surface area contributed by atoms with E-state index >= 15 is 0 Å². The lowest BCUT2D eigenvalue weighted by atomic mass is 9.95. The fraction of sp³-hybridized carbons (Fsp3) is 0. The zero-order valence-electron chi connectivity index (χ0n) is 9.90. The average molecular weight is 267 g/mol. The van der Waals surface area contributed by atoms with E-state index in [0.717, 1.165) is 32.7 Å². The zero-order valence-corrected chi connectivity index (χ0v) is 10.7. The summed E-state index contributed by atoms with van der Waals surface area (Å²) in [4.78, 5) is 14.2. The maximum atomic E-state index is 11.4. The highest BCUT2D eigenvalue weighted by Crippen LogP contribution is 2.42. The molecule has 2 aromatic carbocycles. The van der Waals surface area contributed by atoms with Gasteiger partial charge in [0.1, 0.15) is 11.5 Å². The molecule has 1 aliphatic heterocycles. The molecule has 0 amide bonds. The fourth-order valence-corrected chi connectivity index (χ4v) is 3.17. The molecule has 0 spiro atoms. The Labute approximate surface area is 112 Å². The van der Waals surface area contributed by atoms with Crippen LogP contribution in [0.3, 0.4) is 0 Å². The van der Waals surface area contributed by atoms with E-state index < -0.39 is 0 Å². The van der Waals surface area contributed by atoms with Gasteiger partial charge in [0.15, 0.2) is 0 Å². The number of fused-ring (bicyclic) bond motifs is 4. The highest BCUT2D eigenvalue weighted by atomic mass is 32.1. The minimum Gasteiger partial charge on any atom is -0.457 e. The average Bonchev–Trinajstić information content (AvgIpc) is 2.76. The van der Waals surface area contributed by atoms with Crippen molar-refractivity contribution in [2.75, 3.05) is 0 Å². The minimum absolute atomic E-state index is 0.0443. The van der Waals surface area contributed by atoms with Gasteiger partial charge in [-0.3, -0.25) is 4.79 Å². The molecule has 0 bridgehead atoms. The van der Waals surface area contributed by atoms with Crippen LogP contribution in [0.2, 0.25) is 0 Å². The van der Waals surface area contributed by atoms with E-state index in [1.807, 2.05) is 36.4 Å². The van der Waals surface area contributed by atoms with Gasteiger partial charge in [0.2, 0.25) is 0 Å². The van der Waals surface area contributed by atoms with E-state index in [0.29, 0.717) is 5.76 Å². The summed E-state index contributed by atoms with van der Waals surface area (Å²) in [5.74, 6) is 1.42. The molecule has 1 aliphatic rings. The third-order valence-electron chi connectivity index (χ3n) is 3.27. The van der Waals surface area contributed by atoms with Crippen molar-refractivity contribution in [1.29, 1.82) is 0 Å². The molecule has 0 fully saturated rings. The van der Waals surface area contributed by atoms with Crippen molar-refractivity contribution in [3.05, 3.63) is 58.2 Å². The molecule has 0 atom stereocenters. The molecule has 19 heavy (non-hydrogen) atoms. The molecule has 3 nitrogen and oxygen atoms in total. The van der Waals surface area contributed by atoms with E-state index in [-0.39, 0.29) is 4.87 Å². The number of benzene rings is 2. The van der Waals surface area contributed by atoms with Crippen LogP contribution in [0, 0.1) is 0 Å². The molecular weight excluding hydrogens is 258 g/mol. The van der Waals surface area contributed by atoms with Gasteiger partial charge in [-0.15, -0.1) is 0 Å². The van der Waals surface area contributed by atoms with Crippen LogP contribution in [0.4, 0.5) is 0 Å². The number of para-hydroxylation sites is 1. The van der Waals surface area contributed by atoms with E-state index in [1.54, 1.807) is 0 Å². The monoisotopic (exact) mass is 267 g/mol. The number of H-pyrrole nitrogens is 1. The predicted octanol–water partition coefficient (Wildman–Crippen LogP) is 3.62. The van der Waals surface area contributed by atoms with Crippen molar-refractivity contribution < 1.29 is 4.74 Å². The normalized spacial score (nSPS) is 12.9. The first-order valence-corrected chi connectivity index (χ1v) is 6.67. The lowest BCUT2D eigenvalue weighted by molar-refractivity contribution is 0.514. The summed E-state index contributed by atoms with van der Waals surface area (Å²) in [6, 6.07) is 11.8. The minimum atomic E-state index is -0.0443. The molecule has 3 aromatic rings. The molecule has 0 aliphatic carbocycles. The number of rotatable bonds is 0. The number of nitrogens with one attached hydrogen (secondary N) is 1. The zero-order chi connectivity index (χ0) is 13.0. The Morgan fingerprint density at radius 1 is 1.11 bits per heavy atom. The Bertz CT molecular complexity index is 889. The molecule has 1 aromatic heterocycles. The molecule has 0 saturated carbocycles. The lowest BCUT2D eigenvalue weighted by Gasteiger charge is -2.22. The number of thiazole rings is 1. The summed E-state index contributed by atoms with van der Waals surface area (Å²) in [6.07, 6.45) is 0. The second-order valence-corrected chi connectivity index (χ2v) is 5.44. The molecule has 4 heteroatoms.